The van der Waals surface area contributed by atoms with Gasteiger partial charge in [0, 0.05) is 29.7 Å². The van der Waals surface area contributed by atoms with E-state index in [0.717, 1.165) is 11.1 Å². The predicted molar refractivity (Wildman–Crippen MR) is 103 cm³/mol. The monoisotopic (exact) mass is 372 g/mol. The summed E-state index contributed by atoms with van der Waals surface area (Å²) < 4.78 is 10.5. The fourth-order valence-electron chi connectivity index (χ4n) is 2.62. The lowest BCUT2D eigenvalue weighted by Crippen LogP contribution is -2.10. The van der Waals surface area contributed by atoms with E-state index < -0.39 is 0 Å². The van der Waals surface area contributed by atoms with Crippen LogP contribution in [0.15, 0.2) is 82.2 Å². The molecule has 1 aromatic carbocycles. The van der Waals surface area contributed by atoms with Gasteiger partial charge in [0.05, 0.1) is 12.7 Å². The first kappa shape index (κ1) is 17.4. The number of carbonyl (C=O) groups is 1. The minimum absolute atomic E-state index is 0.258. The molecule has 3 heterocycles. The number of carbonyl (C=O) groups excluding carboxylic acids is 1. The molecule has 0 bridgehead atoms. The summed E-state index contributed by atoms with van der Waals surface area (Å²) in [5.41, 5.74) is 2.38. The van der Waals surface area contributed by atoms with Crippen molar-refractivity contribution < 1.29 is 13.7 Å². The second kappa shape index (κ2) is 8.13. The average molecular weight is 372 g/mol. The average Bonchev–Trinajstić information content (AvgIpc) is 3.41. The molecule has 1 amide bonds. The third-order valence-electron chi connectivity index (χ3n) is 3.97. The largest absolute Gasteiger partial charge is 0.465 e. The van der Waals surface area contributed by atoms with Crippen LogP contribution in [0, 0.1) is 0 Å². The minimum Gasteiger partial charge on any atom is -0.465 e. The lowest BCUT2D eigenvalue weighted by Gasteiger charge is -2.07. The Hall–Kier alpha value is -4.00. The maximum absolute atomic E-state index is 12.2. The van der Waals surface area contributed by atoms with Crippen LogP contribution in [0.3, 0.4) is 0 Å². The van der Waals surface area contributed by atoms with Crippen LogP contribution >= 0.6 is 0 Å². The Bertz CT molecular complexity index is 1090. The quantitative estimate of drug-likeness (QED) is 0.515. The van der Waals surface area contributed by atoms with Gasteiger partial charge in [-0.15, -0.1) is 0 Å². The summed E-state index contributed by atoms with van der Waals surface area (Å²) in [7, 11) is 0. The molecule has 4 rings (SSSR count). The van der Waals surface area contributed by atoms with Crippen LogP contribution in [0.2, 0.25) is 0 Å². The van der Waals surface area contributed by atoms with Gasteiger partial charge < -0.3 is 14.3 Å². The Morgan fingerprint density at radius 3 is 2.75 bits per heavy atom. The molecule has 0 saturated heterocycles. The number of aromatic nitrogens is 3. The smallest absolute Gasteiger partial charge is 0.248 e. The van der Waals surface area contributed by atoms with Crippen LogP contribution in [-0.4, -0.2) is 21.0 Å². The van der Waals surface area contributed by atoms with Crippen molar-refractivity contribution in [3.8, 4) is 11.4 Å². The highest BCUT2D eigenvalue weighted by molar-refractivity contribution is 6.02. The molecule has 0 atom stereocenters. The van der Waals surface area contributed by atoms with Crippen molar-refractivity contribution in [1.29, 1.82) is 0 Å². The zero-order chi connectivity index (χ0) is 19.2. The lowest BCUT2D eigenvalue weighted by atomic mass is 10.1. The molecule has 3 aromatic heterocycles. The fourth-order valence-corrected chi connectivity index (χ4v) is 2.62. The molecule has 0 spiro atoms. The van der Waals surface area contributed by atoms with E-state index in [-0.39, 0.29) is 5.91 Å². The summed E-state index contributed by atoms with van der Waals surface area (Å²) >= 11 is 0. The van der Waals surface area contributed by atoms with Gasteiger partial charge in [0.2, 0.25) is 17.6 Å². The van der Waals surface area contributed by atoms with Gasteiger partial charge in [-0.25, -0.2) is 0 Å². The number of pyridine rings is 1. The molecule has 0 unspecified atom stereocenters. The molecule has 0 saturated carbocycles. The van der Waals surface area contributed by atoms with E-state index in [9.17, 15) is 4.79 Å². The van der Waals surface area contributed by atoms with E-state index in [1.165, 1.54) is 6.08 Å². The summed E-state index contributed by atoms with van der Waals surface area (Å²) in [4.78, 5) is 20.6. The molecule has 0 aliphatic heterocycles. The van der Waals surface area contributed by atoms with Crippen LogP contribution in [0.5, 0.6) is 0 Å². The molecule has 0 radical (unpaired) electrons. The van der Waals surface area contributed by atoms with Gasteiger partial charge in [-0.2, -0.15) is 4.98 Å². The van der Waals surface area contributed by atoms with Crippen molar-refractivity contribution in [2.24, 2.45) is 0 Å². The van der Waals surface area contributed by atoms with Crippen LogP contribution < -0.4 is 5.32 Å². The summed E-state index contributed by atoms with van der Waals surface area (Å²) in [5, 5.41) is 6.87. The molecule has 7 nitrogen and oxygen atoms in total. The van der Waals surface area contributed by atoms with Gasteiger partial charge in [-0.05, 0) is 42.0 Å². The van der Waals surface area contributed by atoms with E-state index in [1.54, 1.807) is 36.9 Å². The van der Waals surface area contributed by atoms with Gasteiger partial charge >= 0.3 is 0 Å². The number of nitrogens with zero attached hydrogens (tertiary/aromatic N) is 3. The van der Waals surface area contributed by atoms with Gasteiger partial charge in [0.1, 0.15) is 5.76 Å². The maximum atomic E-state index is 12.2. The van der Waals surface area contributed by atoms with Gasteiger partial charge in [0.15, 0.2) is 0 Å². The predicted octanol–water partition coefficient (Wildman–Crippen LogP) is 3.97. The number of hydrogen-bond acceptors (Lipinski definition) is 6. The van der Waals surface area contributed by atoms with Crippen molar-refractivity contribution in [2.45, 2.75) is 6.42 Å². The Morgan fingerprint density at radius 2 is 1.93 bits per heavy atom. The van der Waals surface area contributed by atoms with E-state index in [4.69, 9.17) is 8.94 Å². The van der Waals surface area contributed by atoms with Crippen molar-refractivity contribution in [3.05, 3.63) is 90.5 Å². The molecule has 0 fully saturated rings. The lowest BCUT2D eigenvalue weighted by molar-refractivity contribution is -0.111. The van der Waals surface area contributed by atoms with Crippen molar-refractivity contribution in [1.82, 2.24) is 15.1 Å². The summed E-state index contributed by atoms with van der Waals surface area (Å²) in [6.07, 6.45) is 8.33. The van der Waals surface area contributed by atoms with E-state index in [1.807, 2.05) is 36.4 Å². The highest BCUT2D eigenvalue weighted by Crippen LogP contribution is 2.21. The number of benzene rings is 1. The third kappa shape index (κ3) is 4.21. The highest BCUT2D eigenvalue weighted by atomic mass is 16.5. The topological polar surface area (TPSA) is 94.1 Å². The van der Waals surface area contributed by atoms with E-state index in [2.05, 4.69) is 20.4 Å². The standard InChI is InChI=1S/C21H16N4O3/c26-19(8-7-17-5-3-13-27-17)23-18-6-2-1-4-16(18)14-20-24-21(25-28-20)15-9-11-22-12-10-15/h1-13H,14H2,(H,23,26)/b8-7+. The number of hydrogen-bond donors (Lipinski definition) is 1. The number of anilines is 1. The van der Waals surface area contributed by atoms with Crippen molar-refractivity contribution in [2.75, 3.05) is 5.32 Å². The van der Waals surface area contributed by atoms with Crippen LogP contribution in [0.1, 0.15) is 17.2 Å². The first-order valence-corrected chi connectivity index (χ1v) is 8.61. The molecule has 0 aliphatic carbocycles. The molecule has 0 aliphatic rings. The van der Waals surface area contributed by atoms with Gasteiger partial charge in [-0.1, -0.05) is 23.4 Å². The normalized spacial score (nSPS) is 11.0. The van der Waals surface area contributed by atoms with Crippen molar-refractivity contribution >= 4 is 17.7 Å². The summed E-state index contributed by atoms with van der Waals surface area (Å²) in [6.45, 7) is 0. The fraction of sp³-hybridized carbons (Fsp3) is 0.0476. The Labute approximate surface area is 160 Å². The number of nitrogens with one attached hydrogen (secondary N) is 1. The molecular weight excluding hydrogens is 356 g/mol. The number of furan rings is 1. The Balaban J connectivity index is 1.47. The maximum Gasteiger partial charge on any atom is 0.248 e. The van der Waals surface area contributed by atoms with Gasteiger partial charge in [-0.3, -0.25) is 9.78 Å². The van der Waals surface area contributed by atoms with E-state index >= 15 is 0 Å². The number of amides is 1. The van der Waals surface area contributed by atoms with Crippen LogP contribution in [0.25, 0.3) is 17.5 Å². The summed E-state index contributed by atoms with van der Waals surface area (Å²) in [5.74, 6) is 1.31. The molecule has 138 valence electrons. The van der Waals surface area contributed by atoms with Crippen LogP contribution in [0.4, 0.5) is 5.69 Å². The number of para-hydroxylation sites is 1. The van der Waals surface area contributed by atoms with E-state index in [0.29, 0.717) is 29.6 Å². The second-order valence-corrected chi connectivity index (χ2v) is 5.92. The first-order chi connectivity index (χ1) is 13.8. The third-order valence-corrected chi connectivity index (χ3v) is 3.97. The molecule has 7 heteroatoms. The zero-order valence-electron chi connectivity index (χ0n) is 14.8. The molecule has 1 N–H and O–H groups in total. The van der Waals surface area contributed by atoms with Crippen molar-refractivity contribution in [3.63, 3.8) is 0 Å². The first-order valence-electron chi connectivity index (χ1n) is 8.61. The Morgan fingerprint density at radius 1 is 1.07 bits per heavy atom. The van der Waals surface area contributed by atoms with Crippen LogP contribution in [-0.2, 0) is 11.2 Å². The zero-order valence-corrected chi connectivity index (χ0v) is 14.8. The van der Waals surface area contributed by atoms with Gasteiger partial charge in [0.25, 0.3) is 0 Å². The number of rotatable bonds is 6. The molecular formula is C21H16N4O3. The Kier molecular flexibility index (Phi) is 5.06. The SMILES string of the molecule is O=C(/C=C/c1ccco1)Nc1ccccc1Cc1nc(-c2ccncc2)no1. The molecule has 28 heavy (non-hydrogen) atoms. The summed E-state index contributed by atoms with van der Waals surface area (Å²) in [6, 6.07) is 14.6. The molecule has 4 aromatic rings. The second-order valence-electron chi connectivity index (χ2n) is 5.92. The highest BCUT2D eigenvalue weighted by Gasteiger charge is 2.12. The minimum atomic E-state index is -0.258.